The fourth-order valence-electron chi connectivity index (χ4n) is 3.19. The second kappa shape index (κ2) is 8.14. The number of hydrogen-bond donors (Lipinski definition) is 0. The van der Waals surface area contributed by atoms with Crippen molar-refractivity contribution in [1.29, 1.82) is 5.26 Å². The molecule has 154 valence electrons. The molecule has 1 aliphatic heterocycles. The normalized spacial score (nSPS) is 18.4. The molecule has 0 bridgehead atoms. The molecule has 0 N–H and O–H groups in total. The minimum Gasteiger partial charge on any atom is -0.457 e. The summed E-state index contributed by atoms with van der Waals surface area (Å²) in [6.07, 6.45) is 1.39. The Hall–Kier alpha value is -2.81. The Morgan fingerprint density at radius 2 is 1.90 bits per heavy atom. The first-order valence-electron chi connectivity index (χ1n) is 9.18. The van der Waals surface area contributed by atoms with Gasteiger partial charge in [-0.15, -0.1) is 0 Å². The monoisotopic (exact) mass is 443 g/mol. The number of benzene rings is 2. The molecule has 0 aliphatic carbocycles. The first-order chi connectivity index (χ1) is 14.1. The Morgan fingerprint density at radius 1 is 1.20 bits per heavy atom. The molecule has 0 aromatic heterocycles. The number of nitriles is 1. The Bertz CT molecular complexity index is 1100. The highest BCUT2D eigenvalue weighted by Crippen LogP contribution is 2.43. The average molecular weight is 444 g/mol. The molecule has 1 atom stereocenters. The molecule has 0 saturated heterocycles. The van der Waals surface area contributed by atoms with Crippen LogP contribution in [0.1, 0.15) is 48.7 Å². The van der Waals surface area contributed by atoms with E-state index < -0.39 is 23.1 Å². The first-order valence-corrected chi connectivity index (χ1v) is 9.93. The van der Waals surface area contributed by atoms with E-state index in [1.807, 2.05) is 0 Å². The second-order valence-corrected chi connectivity index (χ2v) is 8.71. The van der Waals surface area contributed by atoms with Gasteiger partial charge in [0.25, 0.3) is 0 Å². The maximum atomic E-state index is 13.2. The van der Waals surface area contributed by atoms with Gasteiger partial charge >= 0.3 is 11.9 Å². The maximum absolute atomic E-state index is 13.2. The van der Waals surface area contributed by atoms with Crippen molar-refractivity contribution in [3.8, 4) is 6.07 Å². The second-order valence-electron chi connectivity index (χ2n) is 7.90. The van der Waals surface area contributed by atoms with E-state index in [9.17, 15) is 14.9 Å². The number of carbonyl (C=O) groups is 2. The van der Waals surface area contributed by atoms with Crippen molar-refractivity contribution >= 4 is 41.2 Å². The van der Waals surface area contributed by atoms with Crippen LogP contribution in [0.4, 0.5) is 0 Å². The van der Waals surface area contributed by atoms with Gasteiger partial charge in [0.1, 0.15) is 5.60 Å². The lowest BCUT2D eigenvalue weighted by Crippen LogP contribution is -2.42. The number of fused-ring (bicyclic) bond motifs is 1. The Labute approximate surface area is 184 Å². The topological polar surface area (TPSA) is 76.4 Å². The van der Waals surface area contributed by atoms with Gasteiger partial charge in [0.05, 0.1) is 21.7 Å². The van der Waals surface area contributed by atoms with Crippen LogP contribution in [0.2, 0.25) is 10.0 Å². The van der Waals surface area contributed by atoms with Crippen LogP contribution in [0.15, 0.2) is 48.0 Å². The van der Waals surface area contributed by atoms with E-state index in [1.54, 1.807) is 69.3 Å². The van der Waals surface area contributed by atoms with Crippen molar-refractivity contribution in [2.24, 2.45) is 0 Å². The number of carbonyl (C=O) groups excluding carboxylic acids is 2. The summed E-state index contributed by atoms with van der Waals surface area (Å²) in [6, 6.07) is 13.6. The van der Waals surface area contributed by atoms with Crippen LogP contribution in [0, 0.1) is 11.3 Å². The summed E-state index contributed by atoms with van der Waals surface area (Å²) in [5, 5.41) is 10.5. The summed E-state index contributed by atoms with van der Waals surface area (Å²) in [5.41, 5.74) is -1.08. The van der Waals surface area contributed by atoms with Crippen molar-refractivity contribution in [1.82, 2.24) is 0 Å². The van der Waals surface area contributed by atoms with Crippen molar-refractivity contribution in [3.05, 3.63) is 74.8 Å². The lowest BCUT2D eigenvalue weighted by molar-refractivity contribution is -0.177. The molecule has 1 aliphatic rings. The zero-order valence-electron chi connectivity index (χ0n) is 16.7. The zero-order chi connectivity index (χ0) is 22.1. The summed E-state index contributed by atoms with van der Waals surface area (Å²) in [7, 11) is 0. The molecule has 5 nitrogen and oxygen atoms in total. The van der Waals surface area contributed by atoms with E-state index in [0.29, 0.717) is 21.2 Å². The summed E-state index contributed by atoms with van der Waals surface area (Å²) < 4.78 is 11.2. The molecular formula is C23H19Cl2NO4. The number of halogens is 2. The standard InChI is InChI=1S/C23H19Cl2NO4/c1-22(2,3)30-21(28)23(17-7-5-4-6-16(17)20(27)29-23)12-15(13-26)10-14-8-9-18(24)19(25)11-14/h4-11H,12H2,1-3H3/b15-10-/t23-/m0/s1. The fraction of sp³-hybridized carbons (Fsp3) is 0.261. The molecule has 1 heterocycles. The van der Waals surface area contributed by atoms with E-state index in [0.717, 1.165) is 0 Å². The summed E-state index contributed by atoms with van der Waals surface area (Å²) in [6.45, 7) is 5.16. The molecule has 3 rings (SSSR count). The van der Waals surface area contributed by atoms with Gasteiger partial charge in [0.2, 0.25) is 5.60 Å². The van der Waals surface area contributed by atoms with Crippen LogP contribution in [0.3, 0.4) is 0 Å². The van der Waals surface area contributed by atoms with Crippen LogP contribution >= 0.6 is 23.2 Å². The predicted octanol–water partition coefficient (Wildman–Crippen LogP) is 5.70. The third kappa shape index (κ3) is 4.35. The van der Waals surface area contributed by atoms with Gasteiger partial charge in [-0.3, -0.25) is 0 Å². The van der Waals surface area contributed by atoms with Crippen molar-refractivity contribution in [2.75, 3.05) is 0 Å². The average Bonchev–Trinajstić information content (AvgIpc) is 2.96. The van der Waals surface area contributed by atoms with Gasteiger partial charge in [-0.2, -0.15) is 5.26 Å². The Morgan fingerprint density at radius 3 is 2.53 bits per heavy atom. The number of ether oxygens (including phenoxy) is 2. The Balaban J connectivity index is 2.08. The van der Waals surface area contributed by atoms with E-state index in [4.69, 9.17) is 32.7 Å². The van der Waals surface area contributed by atoms with Crippen LogP contribution < -0.4 is 0 Å². The lowest BCUT2D eigenvalue weighted by Gasteiger charge is -2.30. The molecule has 2 aromatic rings. The molecule has 0 saturated carbocycles. The van der Waals surface area contributed by atoms with E-state index in [-0.39, 0.29) is 17.6 Å². The SMILES string of the molecule is CC(C)(C)OC(=O)[C@@]1(C/C(C#N)=C/c2ccc(Cl)c(Cl)c2)OC(=O)c2ccccc21. The number of rotatable bonds is 4. The zero-order valence-corrected chi connectivity index (χ0v) is 18.2. The maximum Gasteiger partial charge on any atom is 0.356 e. The summed E-state index contributed by atoms with van der Waals surface area (Å²) in [4.78, 5) is 25.7. The third-order valence-electron chi connectivity index (χ3n) is 4.45. The van der Waals surface area contributed by atoms with Gasteiger partial charge < -0.3 is 9.47 Å². The minimum absolute atomic E-state index is 0.179. The quantitative estimate of drug-likeness (QED) is 0.447. The molecule has 7 heteroatoms. The predicted molar refractivity (Wildman–Crippen MR) is 114 cm³/mol. The van der Waals surface area contributed by atoms with Crippen molar-refractivity contribution < 1.29 is 19.1 Å². The lowest BCUT2D eigenvalue weighted by atomic mass is 9.85. The number of cyclic esters (lactones) is 1. The Kier molecular flexibility index (Phi) is 5.94. The highest BCUT2D eigenvalue weighted by Gasteiger charge is 2.54. The fourth-order valence-corrected chi connectivity index (χ4v) is 3.50. The van der Waals surface area contributed by atoms with E-state index in [1.165, 1.54) is 0 Å². The van der Waals surface area contributed by atoms with E-state index >= 15 is 0 Å². The highest BCUT2D eigenvalue weighted by molar-refractivity contribution is 6.42. The van der Waals surface area contributed by atoms with Gasteiger partial charge in [0.15, 0.2) is 0 Å². The van der Waals surface area contributed by atoms with Crippen LogP contribution in [-0.4, -0.2) is 17.5 Å². The number of hydrogen-bond acceptors (Lipinski definition) is 5. The van der Waals surface area contributed by atoms with Crippen LogP contribution in [0.5, 0.6) is 0 Å². The van der Waals surface area contributed by atoms with E-state index in [2.05, 4.69) is 6.07 Å². The molecular weight excluding hydrogens is 425 g/mol. The molecule has 0 spiro atoms. The molecule has 2 aromatic carbocycles. The summed E-state index contributed by atoms with van der Waals surface area (Å²) >= 11 is 12.0. The highest BCUT2D eigenvalue weighted by atomic mass is 35.5. The minimum atomic E-state index is -1.75. The molecule has 0 radical (unpaired) electrons. The van der Waals surface area contributed by atoms with Gasteiger partial charge in [-0.1, -0.05) is 47.5 Å². The van der Waals surface area contributed by atoms with Gasteiger partial charge in [0, 0.05) is 17.6 Å². The molecule has 0 fully saturated rings. The number of esters is 2. The first kappa shape index (κ1) is 21.9. The van der Waals surface area contributed by atoms with Crippen LogP contribution in [-0.2, 0) is 19.9 Å². The van der Waals surface area contributed by atoms with Crippen molar-refractivity contribution in [2.45, 2.75) is 38.4 Å². The molecule has 30 heavy (non-hydrogen) atoms. The summed E-state index contributed by atoms with van der Waals surface area (Å²) in [5.74, 6) is -1.37. The molecule has 0 unspecified atom stereocenters. The smallest absolute Gasteiger partial charge is 0.356 e. The van der Waals surface area contributed by atoms with Crippen molar-refractivity contribution in [3.63, 3.8) is 0 Å². The number of nitrogens with zero attached hydrogens (tertiary/aromatic N) is 1. The van der Waals surface area contributed by atoms with Crippen LogP contribution in [0.25, 0.3) is 6.08 Å². The van der Waals surface area contributed by atoms with Gasteiger partial charge in [-0.05, 0) is 50.6 Å². The largest absolute Gasteiger partial charge is 0.457 e. The molecule has 0 amide bonds. The van der Waals surface area contributed by atoms with Gasteiger partial charge in [-0.25, -0.2) is 9.59 Å². The third-order valence-corrected chi connectivity index (χ3v) is 5.18.